The van der Waals surface area contributed by atoms with Gasteiger partial charge in [0.05, 0.1) is 0 Å². The van der Waals surface area contributed by atoms with Gasteiger partial charge in [0.15, 0.2) is 0 Å². The van der Waals surface area contributed by atoms with E-state index >= 15 is 0 Å². The molecule has 0 aromatic heterocycles. The predicted molar refractivity (Wildman–Crippen MR) is 54.6 cm³/mol. The molecule has 0 radical (unpaired) electrons. The molecule has 0 aromatic carbocycles. The van der Waals surface area contributed by atoms with Crippen molar-refractivity contribution >= 4 is 13.3 Å². The van der Waals surface area contributed by atoms with Crippen molar-refractivity contribution in [2.24, 2.45) is 5.92 Å². The molecule has 1 heteroatoms. The van der Waals surface area contributed by atoms with Crippen LogP contribution >= 0.6 is 0 Å². The molecule has 0 spiro atoms. The quantitative estimate of drug-likeness (QED) is 0.460. The molecule has 1 aliphatic carbocycles. The van der Waals surface area contributed by atoms with Crippen molar-refractivity contribution in [2.45, 2.75) is 41.8 Å². The summed E-state index contributed by atoms with van der Waals surface area (Å²) in [5, 5.41) is 0. The second-order valence-electron chi connectivity index (χ2n) is 4.98. The van der Waals surface area contributed by atoms with E-state index in [1.54, 1.807) is 0 Å². The minimum atomic E-state index is -1.36. The van der Waals surface area contributed by atoms with E-state index in [1.165, 1.54) is 12.8 Å². The summed E-state index contributed by atoms with van der Waals surface area (Å²) in [7, 11) is 0. The van der Waals surface area contributed by atoms with E-state index in [9.17, 15) is 0 Å². The topological polar surface area (TPSA) is 0 Å². The fourth-order valence-corrected chi connectivity index (χ4v) is 5.55. The fourth-order valence-electron chi connectivity index (χ4n) is 1.73. The van der Waals surface area contributed by atoms with Gasteiger partial charge in [-0.15, -0.1) is 0 Å². The Kier molecular flexibility index (Phi) is 2.85. The molecular weight excluding hydrogens is 193 g/mol. The maximum absolute atomic E-state index is 2.52. The van der Waals surface area contributed by atoms with Gasteiger partial charge in [0.2, 0.25) is 0 Å². The van der Waals surface area contributed by atoms with Crippen molar-refractivity contribution in [1.82, 2.24) is 0 Å². The summed E-state index contributed by atoms with van der Waals surface area (Å²) in [4.78, 5) is 0. The molecule has 64 valence electrons. The van der Waals surface area contributed by atoms with Crippen molar-refractivity contribution in [3.63, 3.8) is 0 Å². The number of allylic oxidation sites excluding steroid dienone is 2. The van der Waals surface area contributed by atoms with Gasteiger partial charge in [-0.25, -0.2) is 0 Å². The summed E-state index contributed by atoms with van der Waals surface area (Å²) in [6.45, 7) is 2.38. The molecule has 11 heavy (non-hydrogen) atoms. The van der Waals surface area contributed by atoms with Crippen LogP contribution < -0.4 is 0 Å². The molecular formula is C10H20Ge. The Balaban J connectivity index is 2.60. The Labute approximate surface area is 73.4 Å². The molecule has 0 saturated carbocycles. The van der Waals surface area contributed by atoms with Crippen LogP contribution in [0.25, 0.3) is 0 Å². The second kappa shape index (κ2) is 3.34. The monoisotopic (exact) mass is 214 g/mol. The molecule has 0 saturated heterocycles. The van der Waals surface area contributed by atoms with Gasteiger partial charge < -0.3 is 0 Å². The normalized spacial score (nSPS) is 32.4. The molecule has 0 aliphatic heterocycles. The van der Waals surface area contributed by atoms with Gasteiger partial charge in [-0.2, -0.15) is 0 Å². The molecule has 0 aromatic rings. The summed E-state index contributed by atoms with van der Waals surface area (Å²) in [6, 6.07) is 0. The van der Waals surface area contributed by atoms with Gasteiger partial charge in [-0.1, -0.05) is 0 Å². The molecule has 2 atom stereocenters. The summed E-state index contributed by atoms with van der Waals surface area (Å²) >= 11 is -1.36. The van der Waals surface area contributed by atoms with Gasteiger partial charge >= 0.3 is 73.1 Å². The molecule has 1 rings (SSSR count). The Morgan fingerprint density at radius 3 is 2.27 bits per heavy atom. The molecule has 0 amide bonds. The number of rotatable bonds is 1. The van der Waals surface area contributed by atoms with Gasteiger partial charge in [0.25, 0.3) is 0 Å². The summed E-state index contributed by atoms with van der Waals surface area (Å²) in [6.07, 6.45) is 7.66. The SMILES string of the molecule is C[C@@H]1CC=C[C@H]([Ge]([CH3])([CH3])[CH3])C1. The van der Waals surface area contributed by atoms with E-state index < -0.39 is 13.3 Å². The van der Waals surface area contributed by atoms with Crippen LogP contribution in [0.15, 0.2) is 12.2 Å². The van der Waals surface area contributed by atoms with Crippen molar-refractivity contribution < 1.29 is 0 Å². The second-order valence-corrected chi connectivity index (χ2v) is 16.5. The van der Waals surface area contributed by atoms with Gasteiger partial charge in [-0.3, -0.25) is 0 Å². The first-order valence-corrected chi connectivity index (χ1v) is 12.2. The summed E-state index contributed by atoms with van der Waals surface area (Å²) in [5.41, 5.74) is 0. The molecule has 0 unspecified atom stereocenters. The standard InChI is InChI=1S/C10H20Ge/c1-9-6-5-7-10(8-9)11(2,3)4/h5,7,9-10H,6,8H2,1-4H3/t9-,10+/m1/s1. The van der Waals surface area contributed by atoms with Crippen LogP contribution in [0.1, 0.15) is 19.8 Å². The average molecular weight is 213 g/mol. The van der Waals surface area contributed by atoms with Gasteiger partial charge in [-0.05, 0) is 0 Å². The Hall–Kier alpha value is 0.283. The van der Waals surface area contributed by atoms with Gasteiger partial charge in [0, 0.05) is 0 Å². The summed E-state index contributed by atoms with van der Waals surface area (Å²) < 4.78 is 0.985. The van der Waals surface area contributed by atoms with Crippen LogP contribution in [0.3, 0.4) is 0 Å². The zero-order valence-corrected chi connectivity index (χ0v) is 10.3. The molecule has 0 nitrogen and oxygen atoms in total. The Morgan fingerprint density at radius 1 is 1.27 bits per heavy atom. The number of hydrogen-bond donors (Lipinski definition) is 0. The van der Waals surface area contributed by atoms with E-state index in [0.29, 0.717) is 0 Å². The van der Waals surface area contributed by atoms with E-state index in [2.05, 4.69) is 36.3 Å². The fraction of sp³-hybridized carbons (Fsp3) is 0.800. The van der Waals surface area contributed by atoms with Crippen molar-refractivity contribution in [2.75, 3.05) is 0 Å². The molecule has 0 fully saturated rings. The third kappa shape index (κ3) is 2.66. The predicted octanol–water partition coefficient (Wildman–Crippen LogP) is 3.68. The van der Waals surface area contributed by atoms with E-state index in [1.807, 2.05) is 0 Å². The number of hydrogen-bond acceptors (Lipinski definition) is 0. The van der Waals surface area contributed by atoms with E-state index in [0.717, 1.165) is 10.7 Å². The maximum atomic E-state index is 2.52. The first-order valence-electron chi connectivity index (χ1n) is 4.67. The van der Waals surface area contributed by atoms with Crippen molar-refractivity contribution in [1.29, 1.82) is 0 Å². The minimum absolute atomic E-state index is 0.940. The van der Waals surface area contributed by atoms with Crippen LogP contribution in [0.5, 0.6) is 0 Å². The van der Waals surface area contributed by atoms with E-state index in [-0.39, 0.29) is 0 Å². The molecule has 0 N–H and O–H groups in total. The van der Waals surface area contributed by atoms with Crippen LogP contribution in [0.2, 0.25) is 22.0 Å². The molecule has 1 aliphatic rings. The molecule has 0 heterocycles. The van der Waals surface area contributed by atoms with Crippen LogP contribution in [0, 0.1) is 5.92 Å². The first-order chi connectivity index (χ1) is 5.00. The zero-order valence-electron chi connectivity index (χ0n) is 8.22. The van der Waals surface area contributed by atoms with Crippen LogP contribution in [0.4, 0.5) is 0 Å². The van der Waals surface area contributed by atoms with Crippen LogP contribution in [-0.4, -0.2) is 13.3 Å². The summed E-state index contributed by atoms with van der Waals surface area (Å²) in [5.74, 6) is 8.50. The third-order valence-corrected chi connectivity index (χ3v) is 8.24. The van der Waals surface area contributed by atoms with Crippen LogP contribution in [-0.2, 0) is 0 Å². The van der Waals surface area contributed by atoms with Crippen molar-refractivity contribution in [3.8, 4) is 0 Å². The molecule has 0 bridgehead atoms. The van der Waals surface area contributed by atoms with Crippen molar-refractivity contribution in [3.05, 3.63) is 12.2 Å². The average Bonchev–Trinajstić information content (AvgIpc) is 1.86. The first kappa shape index (κ1) is 9.37. The van der Waals surface area contributed by atoms with E-state index in [4.69, 9.17) is 0 Å². The van der Waals surface area contributed by atoms with Gasteiger partial charge in [0.1, 0.15) is 0 Å². The zero-order chi connectivity index (χ0) is 8.48. The Morgan fingerprint density at radius 2 is 1.91 bits per heavy atom. The third-order valence-electron chi connectivity index (χ3n) is 2.68. The Bertz CT molecular complexity index is 153.